The van der Waals surface area contributed by atoms with Crippen molar-refractivity contribution in [3.8, 4) is 0 Å². The average Bonchev–Trinajstić information content (AvgIpc) is 2.67. The van der Waals surface area contributed by atoms with Gasteiger partial charge < -0.3 is 4.74 Å². The molecule has 16 heavy (non-hydrogen) atoms. The summed E-state index contributed by atoms with van der Waals surface area (Å²) in [5.74, 6) is 5.87. The lowest BCUT2D eigenvalue weighted by Gasteiger charge is -2.20. The molecule has 6 heteroatoms. The van der Waals surface area contributed by atoms with Crippen LogP contribution in [-0.2, 0) is 4.74 Å². The highest BCUT2D eigenvalue weighted by Crippen LogP contribution is 2.28. The molecular formula is C10H19F3N2O. The summed E-state index contributed by atoms with van der Waals surface area (Å²) in [5, 5.41) is 0. The largest absolute Gasteiger partial charge is 0.411 e. The number of nitrogens with two attached hydrogens (primary N) is 1. The van der Waals surface area contributed by atoms with Crippen LogP contribution in [0.3, 0.4) is 0 Å². The Balaban J connectivity index is 2.15. The molecule has 1 saturated carbocycles. The summed E-state index contributed by atoms with van der Waals surface area (Å²) in [5.41, 5.74) is 2.52. The minimum absolute atomic E-state index is 0.0203. The van der Waals surface area contributed by atoms with Crippen LogP contribution in [0.2, 0.25) is 0 Å². The summed E-state index contributed by atoms with van der Waals surface area (Å²) in [7, 11) is 0. The Morgan fingerprint density at radius 3 is 2.44 bits per heavy atom. The van der Waals surface area contributed by atoms with E-state index in [0.717, 1.165) is 19.3 Å². The second-order valence-corrected chi connectivity index (χ2v) is 4.38. The maximum Gasteiger partial charge on any atom is 0.411 e. The molecule has 1 aliphatic rings. The first kappa shape index (κ1) is 13.7. The molecule has 1 atom stereocenters. The van der Waals surface area contributed by atoms with Gasteiger partial charge in [-0.1, -0.05) is 25.7 Å². The van der Waals surface area contributed by atoms with E-state index >= 15 is 0 Å². The summed E-state index contributed by atoms with van der Waals surface area (Å²) in [6.07, 6.45) is 1.27. The number of rotatable bonds is 6. The molecule has 1 fully saturated rings. The maximum absolute atomic E-state index is 11.8. The Morgan fingerprint density at radius 2 is 1.94 bits per heavy atom. The molecule has 1 rings (SSSR count). The molecular weight excluding hydrogens is 221 g/mol. The van der Waals surface area contributed by atoms with Crippen LogP contribution < -0.4 is 11.3 Å². The van der Waals surface area contributed by atoms with E-state index < -0.39 is 12.8 Å². The van der Waals surface area contributed by atoms with Crippen LogP contribution in [0.25, 0.3) is 0 Å². The van der Waals surface area contributed by atoms with Crippen LogP contribution in [0.1, 0.15) is 32.1 Å². The standard InChI is InChI=1S/C10H19F3N2O/c11-10(12,13)7-16-6-9(15-14)5-8-3-1-2-4-8/h8-9,15H,1-7,14H2. The molecule has 0 aromatic rings. The zero-order valence-electron chi connectivity index (χ0n) is 9.22. The highest BCUT2D eigenvalue weighted by molar-refractivity contribution is 4.74. The summed E-state index contributed by atoms with van der Waals surface area (Å²) in [6.45, 7) is -1.18. The van der Waals surface area contributed by atoms with Gasteiger partial charge in [0.15, 0.2) is 0 Å². The molecule has 1 unspecified atom stereocenters. The molecule has 3 N–H and O–H groups in total. The number of hydrazine groups is 1. The number of alkyl halides is 3. The van der Waals surface area contributed by atoms with Crippen LogP contribution >= 0.6 is 0 Å². The van der Waals surface area contributed by atoms with Gasteiger partial charge in [0.25, 0.3) is 0 Å². The highest BCUT2D eigenvalue weighted by Gasteiger charge is 2.28. The molecule has 0 aromatic heterocycles. The van der Waals surface area contributed by atoms with Crippen molar-refractivity contribution in [2.24, 2.45) is 11.8 Å². The van der Waals surface area contributed by atoms with Gasteiger partial charge in [-0.3, -0.25) is 11.3 Å². The predicted molar refractivity (Wildman–Crippen MR) is 54.6 cm³/mol. The summed E-state index contributed by atoms with van der Waals surface area (Å²) in [4.78, 5) is 0. The Bertz CT molecular complexity index is 193. The summed E-state index contributed by atoms with van der Waals surface area (Å²) in [6, 6.07) is -0.176. The third kappa shape index (κ3) is 5.67. The van der Waals surface area contributed by atoms with E-state index in [0.29, 0.717) is 5.92 Å². The van der Waals surface area contributed by atoms with Crippen molar-refractivity contribution in [3.63, 3.8) is 0 Å². The normalized spacial score (nSPS) is 20.2. The van der Waals surface area contributed by atoms with Gasteiger partial charge in [0.2, 0.25) is 0 Å². The SMILES string of the molecule is NNC(COCC(F)(F)F)CC1CCCC1. The Morgan fingerprint density at radius 1 is 1.31 bits per heavy atom. The monoisotopic (exact) mass is 240 g/mol. The van der Waals surface area contributed by atoms with Crippen molar-refractivity contribution in [3.05, 3.63) is 0 Å². The van der Waals surface area contributed by atoms with E-state index in [1.807, 2.05) is 0 Å². The fourth-order valence-corrected chi connectivity index (χ4v) is 2.15. The van der Waals surface area contributed by atoms with E-state index in [4.69, 9.17) is 5.84 Å². The molecule has 0 aromatic carbocycles. The van der Waals surface area contributed by atoms with Gasteiger partial charge in [0.05, 0.1) is 6.61 Å². The predicted octanol–water partition coefficient (Wildman–Crippen LogP) is 1.98. The fraction of sp³-hybridized carbons (Fsp3) is 1.00. The van der Waals surface area contributed by atoms with Gasteiger partial charge in [0, 0.05) is 6.04 Å². The van der Waals surface area contributed by atoms with Crippen LogP contribution in [0.5, 0.6) is 0 Å². The number of hydrogen-bond acceptors (Lipinski definition) is 3. The average molecular weight is 240 g/mol. The lowest BCUT2D eigenvalue weighted by atomic mass is 9.99. The smallest absolute Gasteiger partial charge is 0.370 e. The topological polar surface area (TPSA) is 47.3 Å². The van der Waals surface area contributed by atoms with E-state index in [9.17, 15) is 13.2 Å². The second kappa shape index (κ2) is 6.42. The molecule has 0 aliphatic heterocycles. The summed E-state index contributed by atoms with van der Waals surface area (Å²) >= 11 is 0. The van der Waals surface area contributed by atoms with E-state index in [-0.39, 0.29) is 12.6 Å². The number of halogens is 3. The van der Waals surface area contributed by atoms with Gasteiger partial charge in [-0.15, -0.1) is 0 Å². The van der Waals surface area contributed by atoms with Crippen molar-refractivity contribution in [2.45, 2.75) is 44.3 Å². The minimum Gasteiger partial charge on any atom is -0.370 e. The molecule has 0 spiro atoms. The molecule has 0 bridgehead atoms. The first-order chi connectivity index (χ1) is 7.51. The number of ether oxygens (including phenoxy) is 1. The van der Waals surface area contributed by atoms with Crippen molar-refractivity contribution < 1.29 is 17.9 Å². The van der Waals surface area contributed by atoms with Crippen LogP contribution in [-0.4, -0.2) is 25.4 Å². The number of hydrogen-bond donors (Lipinski definition) is 2. The zero-order chi connectivity index (χ0) is 12.0. The van der Waals surface area contributed by atoms with E-state index in [1.54, 1.807) is 0 Å². The lowest BCUT2D eigenvalue weighted by molar-refractivity contribution is -0.175. The zero-order valence-corrected chi connectivity index (χ0v) is 9.22. The van der Waals surface area contributed by atoms with Crippen molar-refractivity contribution >= 4 is 0 Å². The van der Waals surface area contributed by atoms with E-state index in [2.05, 4.69) is 10.2 Å². The molecule has 3 nitrogen and oxygen atoms in total. The minimum atomic E-state index is -4.26. The highest BCUT2D eigenvalue weighted by atomic mass is 19.4. The Labute approximate surface area is 93.5 Å². The first-order valence-electron chi connectivity index (χ1n) is 5.62. The molecule has 0 heterocycles. The molecule has 0 radical (unpaired) electrons. The van der Waals surface area contributed by atoms with Crippen molar-refractivity contribution in [1.82, 2.24) is 5.43 Å². The second-order valence-electron chi connectivity index (χ2n) is 4.38. The third-order valence-corrected chi connectivity index (χ3v) is 2.91. The summed E-state index contributed by atoms with van der Waals surface area (Å²) < 4.78 is 40.1. The maximum atomic E-state index is 11.8. The van der Waals surface area contributed by atoms with Crippen LogP contribution in [0, 0.1) is 5.92 Å². The Kier molecular flexibility index (Phi) is 5.51. The molecule has 1 aliphatic carbocycles. The third-order valence-electron chi connectivity index (χ3n) is 2.91. The van der Waals surface area contributed by atoms with Crippen LogP contribution in [0.4, 0.5) is 13.2 Å². The van der Waals surface area contributed by atoms with Crippen molar-refractivity contribution in [2.75, 3.05) is 13.2 Å². The molecule has 0 amide bonds. The van der Waals surface area contributed by atoms with Gasteiger partial charge in [-0.05, 0) is 12.3 Å². The quantitative estimate of drug-likeness (QED) is 0.551. The van der Waals surface area contributed by atoms with Crippen LogP contribution in [0.15, 0.2) is 0 Å². The fourth-order valence-electron chi connectivity index (χ4n) is 2.15. The molecule has 96 valence electrons. The number of nitrogens with one attached hydrogen (secondary N) is 1. The van der Waals surface area contributed by atoms with E-state index in [1.165, 1.54) is 12.8 Å². The van der Waals surface area contributed by atoms with Gasteiger partial charge in [0.1, 0.15) is 6.61 Å². The molecule has 0 saturated heterocycles. The van der Waals surface area contributed by atoms with Crippen molar-refractivity contribution in [1.29, 1.82) is 0 Å². The first-order valence-corrected chi connectivity index (χ1v) is 5.62. The Hall–Kier alpha value is -0.330. The van der Waals surface area contributed by atoms with Gasteiger partial charge in [-0.25, -0.2) is 0 Å². The van der Waals surface area contributed by atoms with Gasteiger partial charge >= 0.3 is 6.18 Å². The van der Waals surface area contributed by atoms with Gasteiger partial charge in [-0.2, -0.15) is 13.2 Å². The lowest BCUT2D eigenvalue weighted by Crippen LogP contribution is -2.40.